The van der Waals surface area contributed by atoms with Crippen LogP contribution in [0.15, 0.2) is 5.16 Å². The Hall–Kier alpha value is -0.770. The highest BCUT2D eigenvalue weighted by atomic mass is 16.4. The van der Waals surface area contributed by atoms with Crippen molar-refractivity contribution in [1.82, 2.24) is 5.32 Å². The zero-order chi connectivity index (χ0) is 12.2. The first kappa shape index (κ1) is 13.3. The van der Waals surface area contributed by atoms with Crippen molar-refractivity contribution in [3.8, 4) is 0 Å². The van der Waals surface area contributed by atoms with E-state index in [0.29, 0.717) is 11.9 Å². The lowest BCUT2D eigenvalue weighted by Crippen LogP contribution is -2.37. The Bertz CT molecular complexity index is 247. The second-order valence-corrected chi connectivity index (χ2v) is 5.65. The largest absolute Gasteiger partial charge is 0.409 e. The molecule has 1 aliphatic carbocycles. The van der Waals surface area contributed by atoms with Crippen LogP contribution in [-0.4, -0.2) is 23.6 Å². The monoisotopic (exact) mass is 227 g/mol. The highest BCUT2D eigenvalue weighted by Crippen LogP contribution is 2.33. The first-order valence-corrected chi connectivity index (χ1v) is 6.17. The molecule has 4 heteroatoms. The normalized spacial score (nSPS) is 19.8. The maximum atomic E-state index is 8.65. The van der Waals surface area contributed by atoms with E-state index in [9.17, 15) is 0 Å². The average molecular weight is 227 g/mol. The van der Waals surface area contributed by atoms with Gasteiger partial charge in [0.1, 0.15) is 5.84 Å². The number of hydrogen-bond donors (Lipinski definition) is 3. The van der Waals surface area contributed by atoms with Gasteiger partial charge in [-0.3, -0.25) is 0 Å². The van der Waals surface area contributed by atoms with Crippen molar-refractivity contribution in [2.75, 3.05) is 6.54 Å². The maximum Gasteiger partial charge on any atom is 0.144 e. The fraction of sp³-hybridized carbons (Fsp3) is 0.917. The van der Waals surface area contributed by atoms with Crippen molar-refractivity contribution >= 4 is 5.84 Å². The van der Waals surface area contributed by atoms with E-state index < -0.39 is 0 Å². The number of hydrogen-bond acceptors (Lipinski definition) is 3. The molecule has 0 spiro atoms. The summed E-state index contributed by atoms with van der Waals surface area (Å²) in [6.07, 6.45) is 4.98. The Morgan fingerprint density at radius 2 is 2.19 bits per heavy atom. The molecule has 0 saturated heterocycles. The van der Waals surface area contributed by atoms with E-state index in [1.54, 1.807) is 0 Å². The lowest BCUT2D eigenvalue weighted by Gasteiger charge is -2.24. The molecule has 94 valence electrons. The first-order chi connectivity index (χ1) is 7.45. The first-order valence-electron chi connectivity index (χ1n) is 6.17. The molecule has 1 saturated carbocycles. The van der Waals surface area contributed by atoms with Gasteiger partial charge in [-0.2, -0.15) is 0 Å². The van der Waals surface area contributed by atoms with Crippen molar-refractivity contribution in [3.05, 3.63) is 0 Å². The molecule has 0 aliphatic heterocycles. The third kappa shape index (κ3) is 4.39. The van der Waals surface area contributed by atoms with Gasteiger partial charge in [0.2, 0.25) is 0 Å². The van der Waals surface area contributed by atoms with Gasteiger partial charge in [0.15, 0.2) is 0 Å². The van der Waals surface area contributed by atoms with Crippen molar-refractivity contribution in [1.29, 1.82) is 0 Å². The number of nitrogens with two attached hydrogens (primary N) is 1. The van der Waals surface area contributed by atoms with Gasteiger partial charge in [0.25, 0.3) is 0 Å². The van der Waals surface area contributed by atoms with Gasteiger partial charge < -0.3 is 16.3 Å². The van der Waals surface area contributed by atoms with Crippen LogP contribution in [0.25, 0.3) is 0 Å². The highest BCUT2D eigenvalue weighted by molar-refractivity contribution is 5.85. The second-order valence-electron chi connectivity index (χ2n) is 5.65. The van der Waals surface area contributed by atoms with Crippen molar-refractivity contribution < 1.29 is 5.21 Å². The molecule has 4 N–H and O–H groups in total. The Kier molecular flexibility index (Phi) is 4.59. The lowest BCUT2D eigenvalue weighted by atomic mass is 9.88. The Labute approximate surface area is 98.3 Å². The number of nitrogens with zero attached hydrogens (tertiary/aromatic N) is 1. The average Bonchev–Trinajstić information content (AvgIpc) is 3.00. The van der Waals surface area contributed by atoms with Crippen LogP contribution in [0.1, 0.15) is 46.5 Å². The summed E-state index contributed by atoms with van der Waals surface area (Å²) in [7, 11) is 0. The van der Waals surface area contributed by atoms with Crippen LogP contribution < -0.4 is 11.1 Å². The SMILES string of the molecule is CC(CC1CC1)NCCC(C)(C)C(N)=NO. The molecule has 0 aromatic heterocycles. The molecule has 1 unspecified atom stereocenters. The summed E-state index contributed by atoms with van der Waals surface area (Å²) < 4.78 is 0. The standard InChI is InChI=1S/C12H25N3O/c1-9(8-10-4-5-10)14-7-6-12(2,3)11(13)15-16/h9-10,14,16H,4-8H2,1-3H3,(H2,13,15). The predicted octanol–water partition coefficient (Wildman–Crippen LogP) is 1.93. The third-order valence-corrected chi connectivity index (χ3v) is 3.43. The number of oxime groups is 1. The van der Waals surface area contributed by atoms with E-state index in [-0.39, 0.29) is 5.41 Å². The minimum atomic E-state index is -0.235. The molecule has 0 radical (unpaired) electrons. The summed E-state index contributed by atoms with van der Waals surface area (Å²) in [5, 5.41) is 15.2. The summed E-state index contributed by atoms with van der Waals surface area (Å²) in [5.74, 6) is 1.27. The highest BCUT2D eigenvalue weighted by Gasteiger charge is 2.25. The van der Waals surface area contributed by atoms with Gasteiger partial charge in [0.05, 0.1) is 0 Å². The minimum Gasteiger partial charge on any atom is -0.409 e. The predicted molar refractivity (Wildman–Crippen MR) is 66.6 cm³/mol. The van der Waals surface area contributed by atoms with E-state index in [2.05, 4.69) is 17.4 Å². The van der Waals surface area contributed by atoms with Crippen molar-refractivity contribution in [2.24, 2.45) is 22.2 Å². The minimum absolute atomic E-state index is 0.235. The van der Waals surface area contributed by atoms with Crippen LogP contribution in [0, 0.1) is 11.3 Å². The Morgan fingerprint density at radius 3 is 2.69 bits per heavy atom. The van der Waals surface area contributed by atoms with Gasteiger partial charge in [0, 0.05) is 11.5 Å². The molecule has 1 rings (SSSR count). The molecule has 0 bridgehead atoms. The fourth-order valence-corrected chi connectivity index (χ4v) is 1.83. The van der Waals surface area contributed by atoms with E-state index in [1.165, 1.54) is 19.3 Å². The second kappa shape index (κ2) is 5.53. The maximum absolute atomic E-state index is 8.65. The van der Waals surface area contributed by atoms with Gasteiger partial charge in [-0.1, -0.05) is 31.8 Å². The smallest absolute Gasteiger partial charge is 0.144 e. The topological polar surface area (TPSA) is 70.6 Å². The van der Waals surface area contributed by atoms with Crippen LogP contribution >= 0.6 is 0 Å². The summed E-state index contributed by atoms with van der Waals surface area (Å²) >= 11 is 0. The van der Waals surface area contributed by atoms with Gasteiger partial charge >= 0.3 is 0 Å². The van der Waals surface area contributed by atoms with Crippen LogP contribution in [-0.2, 0) is 0 Å². The van der Waals surface area contributed by atoms with E-state index in [4.69, 9.17) is 10.9 Å². The molecule has 1 fully saturated rings. The molecule has 1 atom stereocenters. The molecule has 0 aromatic rings. The Morgan fingerprint density at radius 1 is 1.56 bits per heavy atom. The molecule has 0 heterocycles. The van der Waals surface area contributed by atoms with Crippen LogP contribution in [0.3, 0.4) is 0 Å². The van der Waals surface area contributed by atoms with E-state index in [0.717, 1.165) is 18.9 Å². The molecular weight excluding hydrogens is 202 g/mol. The van der Waals surface area contributed by atoms with Gasteiger partial charge in [-0.15, -0.1) is 0 Å². The summed E-state index contributed by atoms with van der Waals surface area (Å²) in [6.45, 7) is 7.14. The quantitative estimate of drug-likeness (QED) is 0.269. The summed E-state index contributed by atoms with van der Waals surface area (Å²) in [4.78, 5) is 0. The van der Waals surface area contributed by atoms with E-state index >= 15 is 0 Å². The summed E-state index contributed by atoms with van der Waals surface area (Å²) in [6, 6.07) is 0.579. The van der Waals surface area contributed by atoms with Gasteiger partial charge in [-0.25, -0.2) is 0 Å². The lowest BCUT2D eigenvalue weighted by molar-refractivity contribution is 0.304. The van der Waals surface area contributed by atoms with Crippen LogP contribution in [0.2, 0.25) is 0 Å². The van der Waals surface area contributed by atoms with Crippen LogP contribution in [0.5, 0.6) is 0 Å². The zero-order valence-corrected chi connectivity index (χ0v) is 10.7. The molecular formula is C12H25N3O. The fourth-order valence-electron chi connectivity index (χ4n) is 1.83. The summed E-state index contributed by atoms with van der Waals surface area (Å²) in [5.41, 5.74) is 5.40. The van der Waals surface area contributed by atoms with Crippen LogP contribution in [0.4, 0.5) is 0 Å². The number of rotatable bonds is 7. The van der Waals surface area contributed by atoms with Crippen molar-refractivity contribution in [2.45, 2.75) is 52.5 Å². The molecule has 1 aliphatic rings. The molecule has 16 heavy (non-hydrogen) atoms. The molecule has 4 nitrogen and oxygen atoms in total. The molecule has 0 aromatic carbocycles. The third-order valence-electron chi connectivity index (χ3n) is 3.43. The van der Waals surface area contributed by atoms with Crippen molar-refractivity contribution in [3.63, 3.8) is 0 Å². The zero-order valence-electron chi connectivity index (χ0n) is 10.7. The number of nitrogens with one attached hydrogen (secondary N) is 1. The molecule has 0 amide bonds. The Balaban J connectivity index is 2.17. The van der Waals surface area contributed by atoms with Gasteiger partial charge in [-0.05, 0) is 32.2 Å². The van der Waals surface area contributed by atoms with E-state index in [1.807, 2.05) is 13.8 Å². The number of amidine groups is 1.